The summed E-state index contributed by atoms with van der Waals surface area (Å²) in [6, 6.07) is 2.21. The van der Waals surface area contributed by atoms with E-state index in [-0.39, 0.29) is 0 Å². The number of aromatic nitrogens is 2. The van der Waals surface area contributed by atoms with Crippen molar-refractivity contribution in [3.05, 3.63) is 18.0 Å². The molecule has 1 N–H and O–H groups in total. The average molecular weight is 249 g/mol. The third-order valence-corrected chi connectivity index (χ3v) is 4.45. The minimum Gasteiger partial charge on any atom is -0.317 e. The van der Waals surface area contributed by atoms with Crippen molar-refractivity contribution in [2.24, 2.45) is 18.9 Å². The molecule has 1 fully saturated rings. The van der Waals surface area contributed by atoms with E-state index in [1.54, 1.807) is 0 Å². The minimum absolute atomic E-state index is 0.656. The lowest BCUT2D eigenvalue weighted by Crippen LogP contribution is -2.32. The van der Waals surface area contributed by atoms with Crippen molar-refractivity contribution in [2.75, 3.05) is 13.1 Å². The Morgan fingerprint density at radius 1 is 1.39 bits per heavy atom. The van der Waals surface area contributed by atoms with Crippen LogP contribution in [-0.2, 0) is 7.05 Å². The van der Waals surface area contributed by atoms with Gasteiger partial charge in [-0.05, 0) is 43.8 Å². The van der Waals surface area contributed by atoms with Gasteiger partial charge in [0.1, 0.15) is 0 Å². The van der Waals surface area contributed by atoms with E-state index in [2.05, 4.69) is 36.5 Å². The molecule has 1 aliphatic rings. The van der Waals surface area contributed by atoms with Crippen LogP contribution < -0.4 is 5.32 Å². The topological polar surface area (TPSA) is 29.9 Å². The lowest BCUT2D eigenvalue weighted by molar-refractivity contribution is 0.223. The zero-order valence-electron chi connectivity index (χ0n) is 12.0. The summed E-state index contributed by atoms with van der Waals surface area (Å²) in [6.07, 6.45) is 7.47. The highest BCUT2D eigenvalue weighted by molar-refractivity contribution is 5.10. The van der Waals surface area contributed by atoms with E-state index in [4.69, 9.17) is 0 Å². The second kappa shape index (κ2) is 6.37. The van der Waals surface area contributed by atoms with Gasteiger partial charge in [0, 0.05) is 19.2 Å². The predicted octanol–water partition coefficient (Wildman–Crippen LogP) is 2.94. The van der Waals surface area contributed by atoms with Crippen LogP contribution in [0.25, 0.3) is 0 Å². The van der Waals surface area contributed by atoms with E-state index in [1.807, 2.05) is 11.7 Å². The van der Waals surface area contributed by atoms with Crippen LogP contribution in [0.3, 0.4) is 0 Å². The monoisotopic (exact) mass is 249 g/mol. The van der Waals surface area contributed by atoms with E-state index >= 15 is 0 Å². The van der Waals surface area contributed by atoms with Gasteiger partial charge in [0.2, 0.25) is 0 Å². The zero-order valence-corrected chi connectivity index (χ0v) is 12.0. The molecule has 0 radical (unpaired) electrons. The summed E-state index contributed by atoms with van der Waals surface area (Å²) in [6.45, 7) is 6.73. The normalized spacial score (nSPS) is 28.5. The molecule has 2 rings (SSSR count). The lowest BCUT2D eigenvalue weighted by atomic mass is 9.72. The summed E-state index contributed by atoms with van der Waals surface area (Å²) < 4.78 is 1.94. The van der Waals surface area contributed by atoms with Crippen LogP contribution in [-0.4, -0.2) is 22.9 Å². The molecule has 1 saturated carbocycles. The Morgan fingerprint density at radius 3 is 2.83 bits per heavy atom. The first-order valence-corrected chi connectivity index (χ1v) is 7.44. The smallest absolute Gasteiger partial charge is 0.0658 e. The SMILES string of the molecule is CCNCC1CCC(CC)CC1c1ccn(C)n1. The van der Waals surface area contributed by atoms with Crippen molar-refractivity contribution < 1.29 is 0 Å². The summed E-state index contributed by atoms with van der Waals surface area (Å²) in [5.41, 5.74) is 1.30. The fourth-order valence-corrected chi connectivity index (χ4v) is 3.26. The van der Waals surface area contributed by atoms with Crippen molar-refractivity contribution in [3.8, 4) is 0 Å². The van der Waals surface area contributed by atoms with Crippen molar-refractivity contribution in [3.63, 3.8) is 0 Å². The maximum Gasteiger partial charge on any atom is 0.0658 e. The second-order valence-corrected chi connectivity index (χ2v) is 5.68. The van der Waals surface area contributed by atoms with Gasteiger partial charge in [-0.1, -0.05) is 26.7 Å². The standard InChI is InChI=1S/C15H27N3/c1-4-12-6-7-13(11-16-5-2)14(10-12)15-8-9-18(3)17-15/h8-9,12-14,16H,4-7,10-11H2,1-3H3. The first kappa shape index (κ1) is 13.6. The minimum atomic E-state index is 0.656. The van der Waals surface area contributed by atoms with E-state index in [9.17, 15) is 0 Å². The van der Waals surface area contributed by atoms with E-state index < -0.39 is 0 Å². The number of nitrogens with one attached hydrogen (secondary N) is 1. The Bertz CT molecular complexity index is 358. The van der Waals surface area contributed by atoms with Crippen LogP contribution in [0.1, 0.15) is 51.1 Å². The number of nitrogens with zero attached hydrogens (tertiary/aromatic N) is 2. The van der Waals surface area contributed by atoms with E-state index in [0.717, 1.165) is 24.9 Å². The summed E-state index contributed by atoms with van der Waals surface area (Å²) >= 11 is 0. The molecule has 18 heavy (non-hydrogen) atoms. The lowest BCUT2D eigenvalue weighted by Gasteiger charge is -2.35. The van der Waals surface area contributed by atoms with Crippen LogP contribution in [0.15, 0.2) is 12.3 Å². The molecule has 3 nitrogen and oxygen atoms in total. The van der Waals surface area contributed by atoms with E-state index in [1.165, 1.54) is 31.4 Å². The molecule has 1 aliphatic carbocycles. The highest BCUT2D eigenvalue weighted by Crippen LogP contribution is 2.40. The Hall–Kier alpha value is -0.830. The first-order chi connectivity index (χ1) is 8.74. The fraction of sp³-hybridized carbons (Fsp3) is 0.800. The van der Waals surface area contributed by atoms with Crippen molar-refractivity contribution in [2.45, 2.75) is 45.4 Å². The van der Waals surface area contributed by atoms with Crippen LogP contribution in [0.5, 0.6) is 0 Å². The molecule has 0 amide bonds. The number of hydrogen-bond acceptors (Lipinski definition) is 2. The Balaban J connectivity index is 2.08. The molecule has 1 aromatic heterocycles. The zero-order chi connectivity index (χ0) is 13.0. The number of hydrogen-bond donors (Lipinski definition) is 1. The second-order valence-electron chi connectivity index (χ2n) is 5.68. The number of rotatable bonds is 5. The van der Waals surface area contributed by atoms with Crippen LogP contribution in [0.4, 0.5) is 0 Å². The van der Waals surface area contributed by atoms with Gasteiger partial charge in [-0.25, -0.2) is 0 Å². The van der Waals surface area contributed by atoms with Gasteiger partial charge in [-0.2, -0.15) is 5.10 Å². The van der Waals surface area contributed by atoms with Gasteiger partial charge < -0.3 is 5.32 Å². The van der Waals surface area contributed by atoms with Gasteiger partial charge in [-0.15, -0.1) is 0 Å². The molecule has 0 spiro atoms. The third-order valence-electron chi connectivity index (χ3n) is 4.45. The summed E-state index contributed by atoms with van der Waals surface area (Å²) in [5, 5.41) is 8.17. The Morgan fingerprint density at radius 2 is 2.22 bits per heavy atom. The molecular formula is C15H27N3. The largest absolute Gasteiger partial charge is 0.317 e. The number of aryl methyl sites for hydroxylation is 1. The van der Waals surface area contributed by atoms with Crippen LogP contribution in [0, 0.1) is 11.8 Å². The molecule has 102 valence electrons. The molecule has 0 bridgehead atoms. The van der Waals surface area contributed by atoms with Gasteiger partial charge in [0.15, 0.2) is 0 Å². The molecular weight excluding hydrogens is 222 g/mol. The van der Waals surface area contributed by atoms with Crippen LogP contribution >= 0.6 is 0 Å². The van der Waals surface area contributed by atoms with Gasteiger partial charge in [0.25, 0.3) is 0 Å². The summed E-state index contributed by atoms with van der Waals surface area (Å²) in [4.78, 5) is 0. The van der Waals surface area contributed by atoms with Crippen molar-refractivity contribution in [1.29, 1.82) is 0 Å². The third kappa shape index (κ3) is 3.14. The molecule has 3 atom stereocenters. The molecule has 0 saturated heterocycles. The van der Waals surface area contributed by atoms with Gasteiger partial charge in [-0.3, -0.25) is 4.68 Å². The molecule has 1 heterocycles. The molecule has 3 unspecified atom stereocenters. The summed E-state index contributed by atoms with van der Waals surface area (Å²) in [7, 11) is 2.02. The highest BCUT2D eigenvalue weighted by Gasteiger charge is 2.31. The van der Waals surface area contributed by atoms with Gasteiger partial charge in [0.05, 0.1) is 5.69 Å². The highest BCUT2D eigenvalue weighted by atomic mass is 15.2. The maximum atomic E-state index is 4.65. The van der Waals surface area contributed by atoms with E-state index in [0.29, 0.717) is 5.92 Å². The quantitative estimate of drug-likeness (QED) is 0.869. The molecule has 1 aromatic rings. The van der Waals surface area contributed by atoms with Gasteiger partial charge >= 0.3 is 0 Å². The predicted molar refractivity (Wildman–Crippen MR) is 75.6 cm³/mol. The first-order valence-electron chi connectivity index (χ1n) is 7.44. The fourth-order valence-electron chi connectivity index (χ4n) is 3.26. The molecule has 3 heteroatoms. The van der Waals surface area contributed by atoms with Crippen molar-refractivity contribution >= 4 is 0 Å². The average Bonchev–Trinajstić information content (AvgIpc) is 2.82. The molecule has 0 aromatic carbocycles. The Kier molecular flexibility index (Phi) is 4.81. The summed E-state index contributed by atoms with van der Waals surface area (Å²) in [5.74, 6) is 2.32. The molecule has 0 aliphatic heterocycles. The Labute approximate surface area is 111 Å². The van der Waals surface area contributed by atoms with Crippen LogP contribution in [0.2, 0.25) is 0 Å². The van der Waals surface area contributed by atoms with Crippen molar-refractivity contribution in [1.82, 2.24) is 15.1 Å². The maximum absolute atomic E-state index is 4.65.